The van der Waals surface area contributed by atoms with Crippen molar-refractivity contribution in [3.63, 3.8) is 0 Å². The fraction of sp³-hybridized carbons (Fsp3) is 0.389. The number of carboxylic acids is 1. The fourth-order valence-corrected chi connectivity index (χ4v) is 2.98. The minimum absolute atomic E-state index is 0.313. The maximum atomic E-state index is 12.0. The Labute approximate surface area is 151 Å². The summed E-state index contributed by atoms with van der Waals surface area (Å²) in [7, 11) is 3.32. The molecular formula is C18H22N4O4. The number of methoxy groups -OCH3 is 1. The quantitative estimate of drug-likeness (QED) is 0.810. The largest absolute Gasteiger partial charge is 0.493 e. The van der Waals surface area contributed by atoms with Crippen LogP contribution in [0.3, 0.4) is 0 Å². The smallest absolute Gasteiger partial charge is 0.348 e. The molecule has 2 aromatic rings. The van der Waals surface area contributed by atoms with Gasteiger partial charge in [-0.25, -0.2) is 9.78 Å². The molecule has 0 amide bonds. The van der Waals surface area contributed by atoms with E-state index in [1.165, 1.54) is 7.11 Å². The lowest BCUT2D eigenvalue weighted by molar-refractivity contribution is -0.157. The third-order valence-electron chi connectivity index (χ3n) is 4.52. The number of aromatic nitrogens is 2. The van der Waals surface area contributed by atoms with Gasteiger partial charge in [-0.15, -0.1) is 0 Å². The molecule has 26 heavy (non-hydrogen) atoms. The number of anilines is 2. The molecule has 8 heteroatoms. The van der Waals surface area contributed by atoms with Crippen LogP contribution in [0.4, 0.5) is 11.8 Å². The molecular weight excluding hydrogens is 336 g/mol. The van der Waals surface area contributed by atoms with Crippen molar-refractivity contribution in [2.75, 3.05) is 37.5 Å². The number of hydrogen-bond acceptors (Lipinski definition) is 7. The number of carboxylic acid groups (broad SMARTS) is 1. The maximum Gasteiger partial charge on any atom is 0.348 e. The van der Waals surface area contributed by atoms with Crippen molar-refractivity contribution in [3.05, 3.63) is 36.5 Å². The van der Waals surface area contributed by atoms with Gasteiger partial charge in [-0.05, 0) is 18.2 Å². The predicted octanol–water partition coefficient (Wildman–Crippen LogP) is 2.03. The third-order valence-corrected chi connectivity index (χ3v) is 4.52. The Hall–Kier alpha value is -3.03. The van der Waals surface area contributed by atoms with Crippen LogP contribution in [-0.4, -0.2) is 53.9 Å². The molecule has 0 spiro atoms. The zero-order valence-corrected chi connectivity index (χ0v) is 14.8. The standard InChI is InChI=1S/C18H22N4O4/c1-19-15-7-10-20-17(21-15)22-11-8-18(9-12-22,16(23)24)26-14-6-4-3-5-13(14)25-2/h3-7,10H,8-9,11-12H2,1-2H3,(H,23,24)(H,19,20,21). The van der Waals surface area contributed by atoms with Crippen molar-refractivity contribution < 1.29 is 19.4 Å². The summed E-state index contributed by atoms with van der Waals surface area (Å²) in [4.78, 5) is 22.7. The molecule has 8 nitrogen and oxygen atoms in total. The van der Waals surface area contributed by atoms with Gasteiger partial charge in [-0.1, -0.05) is 12.1 Å². The lowest BCUT2D eigenvalue weighted by Gasteiger charge is -2.39. The zero-order valence-electron chi connectivity index (χ0n) is 14.8. The average Bonchev–Trinajstić information content (AvgIpc) is 2.69. The first-order chi connectivity index (χ1) is 12.6. The Morgan fingerprint density at radius 2 is 1.92 bits per heavy atom. The number of nitrogens with one attached hydrogen (secondary N) is 1. The van der Waals surface area contributed by atoms with Crippen LogP contribution >= 0.6 is 0 Å². The second kappa shape index (κ2) is 7.47. The summed E-state index contributed by atoms with van der Waals surface area (Å²) >= 11 is 0. The van der Waals surface area contributed by atoms with Crippen molar-refractivity contribution in [3.8, 4) is 11.5 Å². The SMILES string of the molecule is CNc1ccnc(N2CCC(Oc3ccccc3OC)(C(=O)O)CC2)n1. The molecule has 0 aliphatic carbocycles. The lowest BCUT2D eigenvalue weighted by atomic mass is 9.91. The molecule has 1 aliphatic rings. The summed E-state index contributed by atoms with van der Waals surface area (Å²) < 4.78 is 11.2. The van der Waals surface area contributed by atoms with Crippen molar-refractivity contribution in [2.45, 2.75) is 18.4 Å². The number of rotatable bonds is 6. The molecule has 1 aliphatic heterocycles. The molecule has 3 rings (SSSR count). The summed E-state index contributed by atoms with van der Waals surface area (Å²) in [5, 5.41) is 12.8. The van der Waals surface area contributed by atoms with Gasteiger partial charge in [-0.3, -0.25) is 0 Å². The molecule has 0 atom stereocenters. The Kier molecular flexibility index (Phi) is 5.11. The molecule has 138 valence electrons. The summed E-state index contributed by atoms with van der Waals surface area (Å²) in [6.07, 6.45) is 2.31. The van der Waals surface area contributed by atoms with Gasteiger partial charge in [-0.2, -0.15) is 4.98 Å². The van der Waals surface area contributed by atoms with E-state index in [1.807, 2.05) is 11.0 Å². The van der Waals surface area contributed by atoms with E-state index in [1.54, 1.807) is 37.5 Å². The van der Waals surface area contributed by atoms with Gasteiger partial charge in [0.2, 0.25) is 11.5 Å². The molecule has 2 N–H and O–H groups in total. The van der Waals surface area contributed by atoms with E-state index >= 15 is 0 Å². The predicted molar refractivity (Wildman–Crippen MR) is 97.0 cm³/mol. The van der Waals surface area contributed by atoms with E-state index in [2.05, 4.69) is 15.3 Å². The van der Waals surface area contributed by atoms with E-state index < -0.39 is 11.6 Å². The molecule has 0 unspecified atom stereocenters. The summed E-state index contributed by atoms with van der Waals surface area (Å²) in [5.41, 5.74) is -1.30. The first kappa shape index (κ1) is 17.8. The van der Waals surface area contributed by atoms with Crippen LogP contribution in [0, 0.1) is 0 Å². The minimum atomic E-state index is -1.30. The van der Waals surface area contributed by atoms with Crippen LogP contribution < -0.4 is 19.7 Å². The molecule has 1 saturated heterocycles. The van der Waals surface area contributed by atoms with E-state index in [0.717, 1.165) is 5.82 Å². The van der Waals surface area contributed by atoms with Crippen molar-refractivity contribution >= 4 is 17.7 Å². The Morgan fingerprint density at radius 3 is 2.54 bits per heavy atom. The van der Waals surface area contributed by atoms with E-state index in [4.69, 9.17) is 9.47 Å². The van der Waals surface area contributed by atoms with E-state index in [-0.39, 0.29) is 0 Å². The molecule has 0 radical (unpaired) electrons. The van der Waals surface area contributed by atoms with Crippen LogP contribution in [0.15, 0.2) is 36.5 Å². The first-order valence-electron chi connectivity index (χ1n) is 8.39. The number of carbonyl (C=O) groups is 1. The third kappa shape index (κ3) is 3.49. The Morgan fingerprint density at radius 1 is 1.23 bits per heavy atom. The number of benzene rings is 1. The topological polar surface area (TPSA) is 96.8 Å². The Balaban J connectivity index is 1.77. The number of piperidine rings is 1. The number of hydrogen-bond donors (Lipinski definition) is 2. The monoisotopic (exact) mass is 358 g/mol. The number of para-hydroxylation sites is 2. The number of nitrogens with zero attached hydrogens (tertiary/aromatic N) is 3. The second-order valence-corrected chi connectivity index (χ2v) is 6.03. The van der Waals surface area contributed by atoms with E-state index in [0.29, 0.717) is 43.4 Å². The lowest BCUT2D eigenvalue weighted by Crippen LogP contribution is -2.53. The minimum Gasteiger partial charge on any atom is -0.493 e. The van der Waals surface area contributed by atoms with Crippen molar-refractivity contribution in [1.29, 1.82) is 0 Å². The number of aliphatic carboxylic acids is 1. The van der Waals surface area contributed by atoms with Crippen LogP contribution in [0.2, 0.25) is 0 Å². The van der Waals surface area contributed by atoms with Gasteiger partial charge in [0.1, 0.15) is 5.82 Å². The van der Waals surface area contributed by atoms with Crippen LogP contribution in [0.1, 0.15) is 12.8 Å². The van der Waals surface area contributed by atoms with Gasteiger partial charge >= 0.3 is 5.97 Å². The summed E-state index contributed by atoms with van der Waals surface area (Å²) in [6, 6.07) is 8.85. The van der Waals surface area contributed by atoms with Crippen LogP contribution in [0.5, 0.6) is 11.5 Å². The van der Waals surface area contributed by atoms with Crippen molar-refractivity contribution in [1.82, 2.24) is 9.97 Å². The Bertz CT molecular complexity index is 775. The number of ether oxygens (including phenoxy) is 2. The first-order valence-corrected chi connectivity index (χ1v) is 8.39. The molecule has 1 aromatic carbocycles. The van der Waals surface area contributed by atoms with Gasteiger partial charge in [0, 0.05) is 39.2 Å². The molecule has 1 aromatic heterocycles. The maximum absolute atomic E-state index is 12.0. The van der Waals surface area contributed by atoms with Gasteiger partial charge in [0.15, 0.2) is 11.5 Å². The molecule has 0 bridgehead atoms. The van der Waals surface area contributed by atoms with Gasteiger partial charge in [0.05, 0.1) is 7.11 Å². The highest BCUT2D eigenvalue weighted by atomic mass is 16.5. The fourth-order valence-electron chi connectivity index (χ4n) is 2.98. The second-order valence-electron chi connectivity index (χ2n) is 6.03. The highest BCUT2D eigenvalue weighted by molar-refractivity contribution is 5.78. The van der Waals surface area contributed by atoms with Gasteiger partial charge < -0.3 is 24.8 Å². The zero-order chi connectivity index (χ0) is 18.6. The highest BCUT2D eigenvalue weighted by Gasteiger charge is 2.45. The normalized spacial score (nSPS) is 16.0. The summed E-state index contributed by atoms with van der Waals surface area (Å²) in [6.45, 7) is 0.962. The summed E-state index contributed by atoms with van der Waals surface area (Å²) in [5.74, 6) is 1.26. The van der Waals surface area contributed by atoms with E-state index in [9.17, 15) is 9.90 Å². The molecule has 2 heterocycles. The molecule has 1 fully saturated rings. The van der Waals surface area contributed by atoms with Crippen LogP contribution in [-0.2, 0) is 4.79 Å². The van der Waals surface area contributed by atoms with Crippen LogP contribution in [0.25, 0.3) is 0 Å². The van der Waals surface area contributed by atoms with Gasteiger partial charge in [0.25, 0.3) is 0 Å². The van der Waals surface area contributed by atoms with Crippen molar-refractivity contribution in [2.24, 2.45) is 0 Å². The highest BCUT2D eigenvalue weighted by Crippen LogP contribution is 2.35. The molecule has 0 saturated carbocycles. The average molecular weight is 358 g/mol.